The topological polar surface area (TPSA) is 68.0 Å². The highest BCUT2D eigenvalue weighted by Crippen LogP contribution is 2.33. The average Bonchev–Trinajstić information content (AvgIpc) is 3.26. The van der Waals surface area contributed by atoms with Crippen molar-refractivity contribution in [3.63, 3.8) is 0 Å². The van der Waals surface area contributed by atoms with Gasteiger partial charge in [0.2, 0.25) is 5.88 Å². The third-order valence-corrected chi connectivity index (χ3v) is 5.66. The highest BCUT2D eigenvalue weighted by molar-refractivity contribution is 5.97. The number of methoxy groups -OCH3 is 2. The molecule has 1 heterocycles. The number of carbonyl (C=O) groups is 1. The summed E-state index contributed by atoms with van der Waals surface area (Å²) in [5.74, 6) is 1.10. The number of hydrogen-bond acceptors (Lipinski definition) is 6. The predicted molar refractivity (Wildman–Crippen MR) is 130 cm³/mol. The van der Waals surface area contributed by atoms with E-state index in [1.165, 1.54) is 0 Å². The molecule has 0 aliphatic carbocycles. The van der Waals surface area contributed by atoms with Crippen LogP contribution in [0.3, 0.4) is 0 Å². The molecule has 0 radical (unpaired) electrons. The normalized spacial score (nSPS) is 11.0. The largest absolute Gasteiger partial charge is 0.496 e. The number of ether oxygens (including phenoxy) is 2. The molecule has 3 aromatic rings. The molecule has 0 bridgehead atoms. The maximum Gasteiger partial charge on any atom is 0.257 e. The van der Waals surface area contributed by atoms with Crippen LogP contribution in [0.4, 0.5) is 5.88 Å². The van der Waals surface area contributed by atoms with E-state index < -0.39 is 0 Å². The van der Waals surface area contributed by atoms with Gasteiger partial charge in [-0.2, -0.15) is 0 Å². The Morgan fingerprint density at radius 1 is 1.06 bits per heavy atom. The van der Waals surface area contributed by atoms with Crippen LogP contribution < -0.4 is 9.64 Å². The monoisotopic (exact) mass is 451 g/mol. The van der Waals surface area contributed by atoms with Crippen LogP contribution in [-0.4, -0.2) is 56.4 Å². The Balaban J connectivity index is 2.04. The van der Waals surface area contributed by atoms with E-state index in [2.05, 4.69) is 19.0 Å². The molecule has 0 N–H and O–H groups in total. The zero-order chi connectivity index (χ0) is 23.8. The maximum absolute atomic E-state index is 13.6. The van der Waals surface area contributed by atoms with Crippen LogP contribution in [0.1, 0.15) is 36.2 Å². The van der Waals surface area contributed by atoms with E-state index in [4.69, 9.17) is 14.0 Å². The number of amides is 1. The van der Waals surface area contributed by atoms with E-state index in [9.17, 15) is 4.79 Å². The van der Waals surface area contributed by atoms with Gasteiger partial charge in [-0.3, -0.25) is 4.79 Å². The van der Waals surface area contributed by atoms with Gasteiger partial charge in [0, 0.05) is 38.9 Å². The predicted octanol–water partition coefficient (Wildman–Crippen LogP) is 4.87. The second-order valence-electron chi connectivity index (χ2n) is 8.16. The van der Waals surface area contributed by atoms with Gasteiger partial charge in [0.15, 0.2) is 0 Å². The van der Waals surface area contributed by atoms with Crippen molar-refractivity contribution in [2.24, 2.45) is 0 Å². The lowest BCUT2D eigenvalue weighted by Crippen LogP contribution is -2.33. The van der Waals surface area contributed by atoms with Gasteiger partial charge in [0.05, 0.1) is 24.8 Å². The number of para-hydroxylation sites is 1. The van der Waals surface area contributed by atoms with Gasteiger partial charge in [-0.05, 0) is 32.4 Å². The van der Waals surface area contributed by atoms with Crippen molar-refractivity contribution in [3.05, 3.63) is 65.7 Å². The smallest absolute Gasteiger partial charge is 0.257 e. The summed E-state index contributed by atoms with van der Waals surface area (Å²) in [6, 6.07) is 17.4. The second kappa shape index (κ2) is 11.5. The van der Waals surface area contributed by atoms with Gasteiger partial charge in [0.1, 0.15) is 11.4 Å². The average molecular weight is 452 g/mol. The van der Waals surface area contributed by atoms with Gasteiger partial charge < -0.3 is 23.8 Å². The number of aromatic nitrogens is 1. The summed E-state index contributed by atoms with van der Waals surface area (Å²) in [7, 11) is 5.21. The van der Waals surface area contributed by atoms with Crippen molar-refractivity contribution in [3.8, 4) is 17.0 Å². The van der Waals surface area contributed by atoms with Crippen LogP contribution in [-0.2, 0) is 11.3 Å². The van der Waals surface area contributed by atoms with Crippen LogP contribution >= 0.6 is 0 Å². The van der Waals surface area contributed by atoms with Crippen LogP contribution in [0.15, 0.2) is 59.1 Å². The van der Waals surface area contributed by atoms with Crippen LogP contribution in [0.2, 0.25) is 0 Å². The van der Waals surface area contributed by atoms with Crippen molar-refractivity contribution in [1.82, 2.24) is 10.1 Å². The lowest BCUT2D eigenvalue weighted by Gasteiger charge is -2.26. The van der Waals surface area contributed by atoms with Gasteiger partial charge in [-0.1, -0.05) is 47.6 Å². The SMILES string of the molecule is COCCCN(Cc1c(-c2ccccc2)noc1N(C)C(C)C)C(=O)c1ccccc1OC. The molecule has 0 saturated carbocycles. The highest BCUT2D eigenvalue weighted by atomic mass is 16.5. The molecule has 0 aliphatic heterocycles. The highest BCUT2D eigenvalue weighted by Gasteiger charge is 2.27. The standard InChI is InChI=1S/C26H33N3O4/c1-19(2)28(3)26-22(24(27-33-26)20-12-7-6-8-13-20)18-29(16-11-17-31-4)25(30)21-14-9-10-15-23(21)32-5/h6-10,12-15,19H,11,16-18H2,1-5H3. The molecule has 0 saturated heterocycles. The molecule has 0 atom stereocenters. The fraction of sp³-hybridized carbons (Fsp3) is 0.385. The first kappa shape index (κ1) is 24.3. The molecule has 7 heteroatoms. The number of anilines is 1. The Morgan fingerprint density at radius 3 is 2.42 bits per heavy atom. The van der Waals surface area contributed by atoms with E-state index in [0.717, 1.165) is 16.8 Å². The molecule has 1 aromatic heterocycles. The summed E-state index contributed by atoms with van der Waals surface area (Å²) in [5.41, 5.74) is 3.08. The summed E-state index contributed by atoms with van der Waals surface area (Å²) in [6.45, 7) is 5.61. The number of carbonyl (C=O) groups excluding carboxylic acids is 1. The Hall–Kier alpha value is -3.32. The van der Waals surface area contributed by atoms with Crippen molar-refractivity contribution in [1.29, 1.82) is 0 Å². The van der Waals surface area contributed by atoms with Crippen LogP contribution in [0, 0.1) is 0 Å². The molecule has 0 fully saturated rings. The molecule has 0 spiro atoms. The molecule has 2 aromatic carbocycles. The third-order valence-electron chi connectivity index (χ3n) is 5.66. The zero-order valence-electron chi connectivity index (χ0n) is 20.1. The molecule has 33 heavy (non-hydrogen) atoms. The van der Waals surface area contributed by atoms with Crippen molar-refractivity contribution in [2.45, 2.75) is 32.9 Å². The van der Waals surface area contributed by atoms with E-state index >= 15 is 0 Å². The van der Waals surface area contributed by atoms with Gasteiger partial charge in [0.25, 0.3) is 5.91 Å². The quantitative estimate of drug-likeness (QED) is 0.387. The molecule has 7 nitrogen and oxygen atoms in total. The minimum atomic E-state index is -0.109. The van der Waals surface area contributed by atoms with E-state index in [0.29, 0.717) is 43.3 Å². The Labute approximate surface area is 195 Å². The zero-order valence-corrected chi connectivity index (χ0v) is 20.1. The lowest BCUT2D eigenvalue weighted by atomic mass is 10.1. The van der Waals surface area contributed by atoms with Crippen LogP contribution in [0.25, 0.3) is 11.3 Å². The van der Waals surface area contributed by atoms with Crippen LogP contribution in [0.5, 0.6) is 5.75 Å². The molecule has 3 rings (SSSR count). The van der Waals surface area contributed by atoms with Gasteiger partial charge in [-0.25, -0.2) is 0 Å². The third kappa shape index (κ3) is 5.73. The number of hydrogen-bond donors (Lipinski definition) is 0. The van der Waals surface area contributed by atoms with Gasteiger partial charge >= 0.3 is 0 Å². The first-order valence-corrected chi connectivity index (χ1v) is 11.2. The first-order valence-electron chi connectivity index (χ1n) is 11.2. The van der Waals surface area contributed by atoms with E-state index in [1.807, 2.05) is 59.3 Å². The summed E-state index contributed by atoms with van der Waals surface area (Å²) in [4.78, 5) is 17.5. The fourth-order valence-corrected chi connectivity index (χ4v) is 3.61. The minimum absolute atomic E-state index is 0.109. The summed E-state index contributed by atoms with van der Waals surface area (Å²) in [6.07, 6.45) is 0.707. The Morgan fingerprint density at radius 2 is 1.76 bits per heavy atom. The lowest BCUT2D eigenvalue weighted by molar-refractivity contribution is 0.0720. The molecule has 0 aliphatic rings. The van der Waals surface area contributed by atoms with E-state index in [1.54, 1.807) is 26.4 Å². The Bertz CT molecular complexity index is 1030. The van der Waals surface area contributed by atoms with Crippen molar-refractivity contribution >= 4 is 11.8 Å². The first-order chi connectivity index (χ1) is 16.0. The molecular formula is C26H33N3O4. The van der Waals surface area contributed by atoms with Crippen molar-refractivity contribution in [2.75, 3.05) is 39.3 Å². The minimum Gasteiger partial charge on any atom is -0.496 e. The molecule has 176 valence electrons. The Kier molecular flexibility index (Phi) is 8.49. The second-order valence-corrected chi connectivity index (χ2v) is 8.16. The maximum atomic E-state index is 13.6. The molecule has 0 unspecified atom stereocenters. The fourth-order valence-electron chi connectivity index (χ4n) is 3.61. The molecular weight excluding hydrogens is 418 g/mol. The summed E-state index contributed by atoms with van der Waals surface area (Å²) < 4.78 is 16.5. The summed E-state index contributed by atoms with van der Waals surface area (Å²) in [5, 5.41) is 4.40. The van der Waals surface area contributed by atoms with E-state index in [-0.39, 0.29) is 11.9 Å². The van der Waals surface area contributed by atoms with Gasteiger partial charge in [-0.15, -0.1) is 0 Å². The summed E-state index contributed by atoms with van der Waals surface area (Å²) >= 11 is 0. The molecule has 1 amide bonds. The number of benzene rings is 2. The van der Waals surface area contributed by atoms with Crippen molar-refractivity contribution < 1.29 is 18.8 Å². The number of nitrogens with zero attached hydrogens (tertiary/aromatic N) is 3. The number of rotatable bonds is 11.